The van der Waals surface area contributed by atoms with Crippen LogP contribution in [0.5, 0.6) is 0 Å². The summed E-state index contributed by atoms with van der Waals surface area (Å²) in [5.74, 6) is 0.887. The van der Waals surface area contributed by atoms with Gasteiger partial charge < -0.3 is 19.5 Å². The van der Waals surface area contributed by atoms with Crippen molar-refractivity contribution in [1.29, 1.82) is 0 Å². The number of nitrogens with zero attached hydrogens (tertiary/aromatic N) is 4. The topological polar surface area (TPSA) is 45.0 Å². The van der Waals surface area contributed by atoms with Crippen LogP contribution in [0.15, 0.2) is 17.3 Å². The van der Waals surface area contributed by atoms with Gasteiger partial charge in [-0.1, -0.05) is 11.6 Å². The second-order valence-corrected chi connectivity index (χ2v) is 7.38. The first-order valence-corrected chi connectivity index (χ1v) is 8.76. The fourth-order valence-corrected chi connectivity index (χ4v) is 3.31. The molecule has 2 rings (SSSR count). The zero-order valence-corrected chi connectivity index (χ0v) is 16.2. The maximum atomic E-state index is 6.06. The third kappa shape index (κ3) is 4.88. The van der Waals surface area contributed by atoms with Crippen molar-refractivity contribution in [2.75, 3.05) is 46.9 Å². The largest absolute Gasteiger partial charge is 0.378 e. The van der Waals surface area contributed by atoms with Gasteiger partial charge in [-0.2, -0.15) is 0 Å². The molecule has 0 aromatic carbocycles. The molecule has 7 heteroatoms. The van der Waals surface area contributed by atoms with Crippen molar-refractivity contribution in [1.82, 2.24) is 19.7 Å². The zero-order chi connectivity index (χ0) is 17.7. The highest BCUT2D eigenvalue weighted by Gasteiger charge is 2.29. The van der Waals surface area contributed by atoms with Crippen molar-refractivity contribution < 1.29 is 4.74 Å². The van der Waals surface area contributed by atoms with Crippen molar-refractivity contribution in [2.24, 2.45) is 12.0 Å². The number of halogens is 1. The number of hydrogen-bond donors (Lipinski definition) is 1. The first kappa shape index (κ1) is 19.1. The third-order valence-electron chi connectivity index (χ3n) is 4.53. The van der Waals surface area contributed by atoms with Gasteiger partial charge in [0.05, 0.1) is 24.8 Å². The monoisotopic (exact) mass is 355 g/mol. The summed E-state index contributed by atoms with van der Waals surface area (Å²) in [6, 6.07) is 1.99. The molecule has 1 aliphatic heterocycles. The van der Waals surface area contributed by atoms with E-state index in [-0.39, 0.29) is 5.54 Å². The first-order valence-electron chi connectivity index (χ1n) is 8.39. The van der Waals surface area contributed by atoms with E-state index in [1.807, 2.05) is 38.0 Å². The minimum atomic E-state index is 0.0924. The van der Waals surface area contributed by atoms with Gasteiger partial charge in [0.15, 0.2) is 5.96 Å². The predicted octanol–water partition coefficient (Wildman–Crippen LogP) is 1.80. The minimum Gasteiger partial charge on any atom is -0.378 e. The zero-order valence-electron chi connectivity index (χ0n) is 15.5. The Bertz CT molecular complexity index is 569. The summed E-state index contributed by atoms with van der Waals surface area (Å²) >= 11 is 6.06. The van der Waals surface area contributed by atoms with Crippen LogP contribution in [0.3, 0.4) is 0 Å². The van der Waals surface area contributed by atoms with Gasteiger partial charge in [-0.3, -0.25) is 9.89 Å². The van der Waals surface area contributed by atoms with Crippen LogP contribution in [-0.2, 0) is 18.3 Å². The molecule has 6 nitrogen and oxygen atoms in total. The van der Waals surface area contributed by atoms with Crippen LogP contribution in [-0.4, -0.2) is 72.8 Å². The molecule has 0 amide bonds. The van der Waals surface area contributed by atoms with Crippen LogP contribution in [0, 0.1) is 0 Å². The molecule has 0 atom stereocenters. The van der Waals surface area contributed by atoms with Gasteiger partial charge in [0.1, 0.15) is 0 Å². The molecule has 0 bridgehead atoms. The van der Waals surface area contributed by atoms with Crippen LogP contribution in [0.4, 0.5) is 0 Å². The molecule has 1 aromatic rings. The number of nitrogens with one attached hydrogen (secondary N) is 1. The molecule has 0 radical (unpaired) electrons. The smallest absolute Gasteiger partial charge is 0.193 e. The summed E-state index contributed by atoms with van der Waals surface area (Å²) in [5, 5.41) is 4.21. The number of aromatic nitrogens is 1. The fraction of sp³-hybridized carbons (Fsp3) is 0.706. The summed E-state index contributed by atoms with van der Waals surface area (Å²) in [5.41, 5.74) is 1.24. The van der Waals surface area contributed by atoms with Crippen LogP contribution in [0.2, 0.25) is 5.02 Å². The summed E-state index contributed by atoms with van der Waals surface area (Å²) in [6.07, 6.45) is 1.92. The maximum absolute atomic E-state index is 6.06. The third-order valence-corrected chi connectivity index (χ3v) is 4.74. The van der Waals surface area contributed by atoms with Gasteiger partial charge in [0.2, 0.25) is 0 Å². The van der Waals surface area contributed by atoms with E-state index in [9.17, 15) is 0 Å². The molecule has 24 heavy (non-hydrogen) atoms. The van der Waals surface area contributed by atoms with Crippen LogP contribution < -0.4 is 5.32 Å². The standard InChI is InChI=1S/C17H30ClN5O/c1-17(2)13-24-9-8-23(17)7-6-20-16(19-3)22(5)12-15-10-14(18)11-21(15)4/h10-11H,6-9,12-13H2,1-5H3,(H,19,20). The van der Waals surface area contributed by atoms with Crippen molar-refractivity contribution in [2.45, 2.75) is 25.9 Å². The predicted molar refractivity (Wildman–Crippen MR) is 99.7 cm³/mol. The molecule has 1 saturated heterocycles. The molecular formula is C17H30ClN5O. The minimum absolute atomic E-state index is 0.0924. The van der Waals surface area contributed by atoms with E-state index in [1.54, 1.807) is 0 Å². The van der Waals surface area contributed by atoms with E-state index in [0.717, 1.165) is 56.1 Å². The summed E-state index contributed by atoms with van der Waals surface area (Å²) < 4.78 is 7.62. The Labute approximate surface area is 150 Å². The fourth-order valence-electron chi connectivity index (χ4n) is 3.03. The van der Waals surface area contributed by atoms with Gasteiger partial charge in [-0.05, 0) is 19.9 Å². The molecular weight excluding hydrogens is 326 g/mol. The molecule has 1 aliphatic rings. The van der Waals surface area contributed by atoms with E-state index in [2.05, 4.69) is 34.0 Å². The number of hydrogen-bond acceptors (Lipinski definition) is 3. The van der Waals surface area contributed by atoms with Gasteiger partial charge in [0, 0.05) is 58.2 Å². The Balaban J connectivity index is 1.84. The summed E-state index contributed by atoms with van der Waals surface area (Å²) in [4.78, 5) is 8.96. The molecule has 1 fully saturated rings. The summed E-state index contributed by atoms with van der Waals surface area (Å²) in [7, 11) is 5.86. The molecule has 0 unspecified atom stereocenters. The average molecular weight is 356 g/mol. The lowest BCUT2D eigenvalue weighted by molar-refractivity contribution is -0.0496. The highest BCUT2D eigenvalue weighted by molar-refractivity contribution is 6.30. The van der Waals surface area contributed by atoms with E-state index in [0.29, 0.717) is 0 Å². The Kier molecular flexibility index (Phi) is 6.54. The number of aryl methyl sites for hydroxylation is 1. The molecule has 1 aromatic heterocycles. The van der Waals surface area contributed by atoms with Crippen LogP contribution in [0.1, 0.15) is 19.5 Å². The quantitative estimate of drug-likeness (QED) is 0.646. The molecule has 0 spiro atoms. The molecule has 0 aliphatic carbocycles. The highest BCUT2D eigenvalue weighted by atomic mass is 35.5. The number of ether oxygens (including phenoxy) is 1. The number of morpholine rings is 1. The van der Waals surface area contributed by atoms with Crippen molar-refractivity contribution >= 4 is 17.6 Å². The Morgan fingerprint density at radius 3 is 2.83 bits per heavy atom. The van der Waals surface area contributed by atoms with Crippen molar-refractivity contribution in [3.05, 3.63) is 23.0 Å². The number of aliphatic imine (C=N–C) groups is 1. The Morgan fingerprint density at radius 2 is 2.25 bits per heavy atom. The highest BCUT2D eigenvalue weighted by Crippen LogP contribution is 2.18. The average Bonchev–Trinajstić information content (AvgIpc) is 2.82. The lowest BCUT2D eigenvalue weighted by atomic mass is 10.0. The Morgan fingerprint density at radius 1 is 1.50 bits per heavy atom. The molecule has 1 N–H and O–H groups in total. The van der Waals surface area contributed by atoms with Crippen molar-refractivity contribution in [3.8, 4) is 0 Å². The number of guanidine groups is 1. The van der Waals surface area contributed by atoms with Gasteiger partial charge in [-0.15, -0.1) is 0 Å². The maximum Gasteiger partial charge on any atom is 0.193 e. The van der Waals surface area contributed by atoms with E-state index in [4.69, 9.17) is 16.3 Å². The van der Waals surface area contributed by atoms with Crippen molar-refractivity contribution in [3.63, 3.8) is 0 Å². The lowest BCUT2D eigenvalue weighted by Gasteiger charge is -2.42. The normalized spacial score (nSPS) is 18.7. The molecule has 2 heterocycles. The number of rotatable bonds is 5. The van der Waals surface area contributed by atoms with E-state index < -0.39 is 0 Å². The Hall–Kier alpha value is -1.24. The second-order valence-electron chi connectivity index (χ2n) is 6.94. The molecule has 0 saturated carbocycles. The van der Waals surface area contributed by atoms with E-state index in [1.165, 1.54) is 0 Å². The molecule has 136 valence electrons. The first-order chi connectivity index (χ1) is 11.3. The van der Waals surface area contributed by atoms with Crippen LogP contribution >= 0.6 is 11.6 Å². The summed E-state index contributed by atoms with van der Waals surface area (Å²) in [6.45, 7) is 9.62. The van der Waals surface area contributed by atoms with Gasteiger partial charge in [0.25, 0.3) is 0 Å². The second kappa shape index (κ2) is 8.23. The van der Waals surface area contributed by atoms with Gasteiger partial charge in [-0.25, -0.2) is 0 Å². The lowest BCUT2D eigenvalue weighted by Crippen LogP contribution is -2.55. The van der Waals surface area contributed by atoms with E-state index >= 15 is 0 Å². The SMILES string of the molecule is CN=C(NCCN1CCOCC1(C)C)N(C)Cc1cc(Cl)cn1C. The van der Waals surface area contributed by atoms with Gasteiger partial charge >= 0.3 is 0 Å². The van der Waals surface area contributed by atoms with Crippen LogP contribution in [0.25, 0.3) is 0 Å².